The Morgan fingerprint density at radius 1 is 1.07 bits per heavy atom. The molecule has 0 saturated carbocycles. The minimum atomic E-state index is -0.532. The maximum atomic E-state index is 12.8. The van der Waals surface area contributed by atoms with E-state index < -0.39 is 5.60 Å². The van der Waals surface area contributed by atoms with Crippen molar-refractivity contribution in [2.75, 3.05) is 31.9 Å². The molecule has 8 nitrogen and oxygen atoms in total. The number of carbonyl (C=O) groups excluding carboxylic acids is 2. The standard InChI is InChI=1S/C20H24BrN5O3/c1-20(2,3)29-19(28)26-10-8-25(9-11-26)18(27)14-6-4-13(5-7-14)15-12-23-17(22)16(21)24-15/h4-7,12H,8-11H2,1-3H3,(H2,22,23). The zero-order valence-electron chi connectivity index (χ0n) is 16.7. The van der Waals surface area contributed by atoms with Crippen molar-refractivity contribution in [1.29, 1.82) is 0 Å². The Labute approximate surface area is 178 Å². The molecule has 0 spiro atoms. The normalized spacial score (nSPS) is 14.6. The Balaban J connectivity index is 1.61. The quantitative estimate of drug-likeness (QED) is 0.736. The van der Waals surface area contributed by atoms with Gasteiger partial charge in [0, 0.05) is 37.3 Å². The molecule has 2 amide bonds. The number of nitrogens with two attached hydrogens (primary N) is 1. The number of rotatable bonds is 2. The van der Waals surface area contributed by atoms with Crippen molar-refractivity contribution in [1.82, 2.24) is 19.8 Å². The van der Waals surface area contributed by atoms with E-state index in [4.69, 9.17) is 10.5 Å². The monoisotopic (exact) mass is 461 g/mol. The third kappa shape index (κ3) is 5.23. The van der Waals surface area contributed by atoms with E-state index in [1.807, 2.05) is 32.9 Å². The van der Waals surface area contributed by atoms with Gasteiger partial charge in [0.15, 0.2) is 5.82 Å². The first-order valence-corrected chi connectivity index (χ1v) is 10.1. The molecule has 2 N–H and O–H groups in total. The molecule has 29 heavy (non-hydrogen) atoms. The Kier molecular flexibility index (Phi) is 6.07. The van der Waals surface area contributed by atoms with Crippen molar-refractivity contribution in [3.8, 4) is 11.3 Å². The number of piperazine rings is 1. The van der Waals surface area contributed by atoms with E-state index in [1.54, 1.807) is 28.1 Å². The van der Waals surface area contributed by atoms with Crippen molar-refractivity contribution in [2.45, 2.75) is 26.4 Å². The lowest BCUT2D eigenvalue weighted by atomic mass is 10.1. The number of nitrogens with zero attached hydrogens (tertiary/aromatic N) is 4. The van der Waals surface area contributed by atoms with Gasteiger partial charge in [0.25, 0.3) is 5.91 Å². The lowest BCUT2D eigenvalue weighted by molar-refractivity contribution is 0.0141. The topological polar surface area (TPSA) is 102 Å². The van der Waals surface area contributed by atoms with Crippen LogP contribution in [0.4, 0.5) is 10.6 Å². The molecular weight excluding hydrogens is 438 g/mol. The molecule has 0 bridgehead atoms. The van der Waals surface area contributed by atoms with Crippen molar-refractivity contribution < 1.29 is 14.3 Å². The summed E-state index contributed by atoms with van der Waals surface area (Å²) in [6.45, 7) is 7.35. The van der Waals surface area contributed by atoms with E-state index in [0.29, 0.717) is 47.9 Å². The van der Waals surface area contributed by atoms with E-state index in [2.05, 4.69) is 25.9 Å². The number of carbonyl (C=O) groups is 2. The summed E-state index contributed by atoms with van der Waals surface area (Å²) in [6.07, 6.45) is 1.25. The lowest BCUT2D eigenvalue weighted by Gasteiger charge is -2.35. The van der Waals surface area contributed by atoms with Gasteiger partial charge in [-0.1, -0.05) is 12.1 Å². The number of benzene rings is 1. The minimum absolute atomic E-state index is 0.0649. The average molecular weight is 462 g/mol. The largest absolute Gasteiger partial charge is 0.444 e. The van der Waals surface area contributed by atoms with Gasteiger partial charge >= 0.3 is 6.09 Å². The van der Waals surface area contributed by atoms with Crippen LogP contribution in [-0.4, -0.2) is 63.5 Å². The molecule has 2 heterocycles. The smallest absolute Gasteiger partial charge is 0.410 e. The van der Waals surface area contributed by atoms with Crippen LogP contribution >= 0.6 is 15.9 Å². The van der Waals surface area contributed by atoms with E-state index in [9.17, 15) is 9.59 Å². The molecule has 2 aromatic rings. The highest BCUT2D eigenvalue weighted by Gasteiger charge is 2.28. The molecule has 0 radical (unpaired) electrons. The predicted octanol–water partition coefficient (Wildman–Crippen LogP) is 3.18. The highest BCUT2D eigenvalue weighted by atomic mass is 79.9. The number of aromatic nitrogens is 2. The number of halogens is 1. The van der Waals surface area contributed by atoms with E-state index in [0.717, 1.165) is 5.56 Å². The third-order valence-corrected chi connectivity index (χ3v) is 4.99. The first-order valence-electron chi connectivity index (χ1n) is 9.30. The Morgan fingerprint density at radius 2 is 1.66 bits per heavy atom. The summed E-state index contributed by atoms with van der Waals surface area (Å²) in [7, 11) is 0. The fourth-order valence-corrected chi connectivity index (χ4v) is 3.19. The van der Waals surface area contributed by atoms with Crippen LogP contribution < -0.4 is 5.73 Å². The molecule has 9 heteroatoms. The van der Waals surface area contributed by atoms with Gasteiger partial charge in [-0.05, 0) is 48.8 Å². The molecule has 154 valence electrons. The van der Waals surface area contributed by atoms with Crippen LogP contribution in [0.15, 0.2) is 35.1 Å². The van der Waals surface area contributed by atoms with Crippen molar-refractivity contribution in [3.63, 3.8) is 0 Å². The highest BCUT2D eigenvalue weighted by Crippen LogP contribution is 2.22. The van der Waals surface area contributed by atoms with Gasteiger partial charge in [-0.2, -0.15) is 0 Å². The van der Waals surface area contributed by atoms with Gasteiger partial charge in [0.2, 0.25) is 0 Å². The maximum absolute atomic E-state index is 12.8. The Bertz CT molecular complexity index is 903. The Hall–Kier alpha value is -2.68. The number of ether oxygens (including phenoxy) is 1. The van der Waals surface area contributed by atoms with E-state index in [-0.39, 0.29) is 12.0 Å². The van der Waals surface area contributed by atoms with Crippen LogP contribution in [0.3, 0.4) is 0 Å². The highest BCUT2D eigenvalue weighted by molar-refractivity contribution is 9.10. The predicted molar refractivity (Wildman–Crippen MR) is 113 cm³/mol. The number of hydrogen-bond donors (Lipinski definition) is 1. The molecule has 1 aromatic carbocycles. The van der Waals surface area contributed by atoms with Gasteiger partial charge in [-0.25, -0.2) is 14.8 Å². The Morgan fingerprint density at radius 3 is 2.21 bits per heavy atom. The third-order valence-electron chi connectivity index (χ3n) is 4.40. The molecule has 0 atom stereocenters. The molecule has 1 aliphatic heterocycles. The van der Waals surface area contributed by atoms with Gasteiger partial charge in [-0.15, -0.1) is 0 Å². The summed E-state index contributed by atoms with van der Waals surface area (Å²) in [5.41, 5.74) is 7.22. The number of anilines is 1. The number of amides is 2. The SMILES string of the molecule is CC(C)(C)OC(=O)N1CCN(C(=O)c2ccc(-c3cnc(N)c(Br)n3)cc2)CC1. The van der Waals surface area contributed by atoms with Gasteiger partial charge in [-0.3, -0.25) is 4.79 Å². The first-order chi connectivity index (χ1) is 13.6. The van der Waals surface area contributed by atoms with Crippen molar-refractivity contribution >= 4 is 33.7 Å². The number of hydrogen-bond acceptors (Lipinski definition) is 6. The molecule has 1 saturated heterocycles. The van der Waals surface area contributed by atoms with Crippen LogP contribution in [-0.2, 0) is 4.74 Å². The van der Waals surface area contributed by atoms with Gasteiger partial charge in [0.05, 0.1) is 11.9 Å². The van der Waals surface area contributed by atoms with Crippen LogP contribution in [0, 0.1) is 0 Å². The van der Waals surface area contributed by atoms with E-state index in [1.165, 1.54) is 0 Å². The summed E-state index contributed by atoms with van der Waals surface area (Å²) >= 11 is 3.27. The summed E-state index contributed by atoms with van der Waals surface area (Å²) < 4.78 is 5.87. The summed E-state index contributed by atoms with van der Waals surface area (Å²) in [6, 6.07) is 7.20. The minimum Gasteiger partial charge on any atom is -0.444 e. The lowest BCUT2D eigenvalue weighted by Crippen LogP contribution is -2.51. The van der Waals surface area contributed by atoms with Crippen molar-refractivity contribution in [2.24, 2.45) is 0 Å². The van der Waals surface area contributed by atoms with Crippen LogP contribution in [0.25, 0.3) is 11.3 Å². The second-order valence-electron chi connectivity index (χ2n) is 7.77. The fraction of sp³-hybridized carbons (Fsp3) is 0.400. The zero-order valence-corrected chi connectivity index (χ0v) is 18.3. The average Bonchev–Trinajstić information content (AvgIpc) is 2.68. The van der Waals surface area contributed by atoms with Crippen molar-refractivity contribution in [3.05, 3.63) is 40.6 Å². The molecule has 0 unspecified atom stereocenters. The first kappa shape index (κ1) is 21.0. The second-order valence-corrected chi connectivity index (χ2v) is 8.52. The summed E-state index contributed by atoms with van der Waals surface area (Å²) in [5.74, 6) is 0.260. The second kappa shape index (κ2) is 8.36. The van der Waals surface area contributed by atoms with E-state index >= 15 is 0 Å². The molecular formula is C20H24BrN5O3. The van der Waals surface area contributed by atoms with Crippen LogP contribution in [0.2, 0.25) is 0 Å². The molecule has 1 aromatic heterocycles. The maximum Gasteiger partial charge on any atom is 0.410 e. The fourth-order valence-electron chi connectivity index (χ4n) is 2.90. The van der Waals surface area contributed by atoms with Crippen LogP contribution in [0.5, 0.6) is 0 Å². The molecule has 0 aliphatic carbocycles. The molecule has 3 rings (SSSR count). The molecule has 1 aliphatic rings. The molecule has 1 fully saturated rings. The summed E-state index contributed by atoms with van der Waals surface area (Å²) in [5, 5.41) is 0. The number of nitrogen functional groups attached to an aromatic ring is 1. The zero-order chi connectivity index (χ0) is 21.2. The summed E-state index contributed by atoms with van der Waals surface area (Å²) in [4.78, 5) is 36.7. The van der Waals surface area contributed by atoms with Gasteiger partial charge in [0.1, 0.15) is 10.2 Å². The van der Waals surface area contributed by atoms with Gasteiger partial charge < -0.3 is 20.3 Å². The van der Waals surface area contributed by atoms with Crippen LogP contribution in [0.1, 0.15) is 31.1 Å².